The first-order valence-electron chi connectivity index (χ1n) is 9.93. The first-order valence-corrected chi connectivity index (χ1v) is 11.2. The van der Waals surface area contributed by atoms with E-state index in [-0.39, 0.29) is 17.4 Å². The van der Waals surface area contributed by atoms with Crippen molar-refractivity contribution in [2.75, 3.05) is 7.05 Å². The normalized spacial score (nSPS) is 21.1. The topological polar surface area (TPSA) is 71.7 Å². The van der Waals surface area contributed by atoms with Gasteiger partial charge in [-0.1, -0.05) is 30.4 Å². The van der Waals surface area contributed by atoms with Crippen LogP contribution in [-0.4, -0.2) is 13.1 Å². The fraction of sp³-hybridized carbons (Fsp3) is 0.208. The van der Waals surface area contributed by atoms with Gasteiger partial charge < -0.3 is 5.32 Å². The molecule has 0 bridgehead atoms. The average Bonchev–Trinajstić information content (AvgIpc) is 2.90. The summed E-state index contributed by atoms with van der Waals surface area (Å²) in [6.45, 7) is 0. The second-order valence-corrected chi connectivity index (χ2v) is 8.44. The highest BCUT2D eigenvalue weighted by Gasteiger charge is 2.17. The van der Waals surface area contributed by atoms with Gasteiger partial charge in [-0.3, -0.25) is 4.78 Å². The number of nitriles is 1. The molecule has 1 heterocycles. The molecule has 2 aromatic rings. The zero-order valence-electron chi connectivity index (χ0n) is 17.2. The second kappa shape index (κ2) is 10.8. The number of rotatable bonds is 6. The highest BCUT2D eigenvalue weighted by atomic mass is 32.2. The third kappa shape index (κ3) is 6.20. The Morgan fingerprint density at radius 3 is 2.71 bits per heavy atom. The van der Waals surface area contributed by atoms with E-state index in [2.05, 4.69) is 10.0 Å². The van der Waals surface area contributed by atoms with E-state index in [4.69, 9.17) is 10.0 Å². The first-order chi connectivity index (χ1) is 15.0. The van der Waals surface area contributed by atoms with Crippen LogP contribution in [0.1, 0.15) is 29.5 Å². The molecule has 0 radical (unpaired) electrons. The average molecular weight is 439 g/mol. The molecule has 2 aromatic carbocycles. The minimum atomic E-state index is -0.962. The number of hydrogen-bond acceptors (Lipinski definition) is 3. The highest BCUT2D eigenvalue weighted by molar-refractivity contribution is 7.88. The van der Waals surface area contributed by atoms with E-state index in [1.165, 1.54) is 24.3 Å². The largest absolute Gasteiger partial charge is 0.393 e. The molecule has 2 atom stereocenters. The molecule has 31 heavy (non-hydrogen) atoms. The maximum absolute atomic E-state index is 13.6. The van der Waals surface area contributed by atoms with E-state index in [1.54, 1.807) is 31.4 Å². The third-order valence-corrected chi connectivity index (χ3v) is 6.22. The molecule has 0 saturated heterocycles. The number of halogens is 2. The van der Waals surface area contributed by atoms with Crippen molar-refractivity contribution in [3.63, 3.8) is 0 Å². The second-order valence-electron chi connectivity index (χ2n) is 7.16. The van der Waals surface area contributed by atoms with Crippen LogP contribution in [0.4, 0.5) is 8.78 Å². The standard InChI is InChI=1S/C24H24F2N4S/c1-29-16-24-19(13-18-7-12-23(26)20(14-18)15-27)8-11-22(30-31(24)28)4-2-3-17-5-9-21(25)10-6-17/h5-14,16,22,29H,2-4H2,1H3,(H2,28,30)/b19-13+,24-16?. The molecule has 160 valence electrons. The van der Waals surface area contributed by atoms with Crippen molar-refractivity contribution >= 4 is 17.0 Å². The quantitative estimate of drug-likeness (QED) is 0.586. The Morgan fingerprint density at radius 1 is 1.23 bits per heavy atom. The minimum absolute atomic E-state index is 0.00670. The van der Waals surface area contributed by atoms with Crippen LogP contribution in [0.15, 0.2) is 71.3 Å². The molecule has 0 aliphatic carbocycles. The third-order valence-electron chi connectivity index (χ3n) is 4.88. The molecule has 0 saturated carbocycles. The maximum Gasteiger partial charge on any atom is 0.140 e. The lowest BCUT2D eigenvalue weighted by molar-refractivity contribution is 0.622. The predicted molar refractivity (Wildman–Crippen MR) is 122 cm³/mol. The van der Waals surface area contributed by atoms with Crippen LogP contribution in [0.25, 0.3) is 6.08 Å². The van der Waals surface area contributed by atoms with E-state index in [0.717, 1.165) is 35.3 Å². The summed E-state index contributed by atoms with van der Waals surface area (Å²) in [5.74, 6) is -0.781. The Labute approximate surface area is 184 Å². The van der Waals surface area contributed by atoms with Gasteiger partial charge in [0.25, 0.3) is 0 Å². The van der Waals surface area contributed by atoms with Crippen LogP contribution < -0.4 is 10.0 Å². The van der Waals surface area contributed by atoms with Crippen LogP contribution in [-0.2, 0) is 17.3 Å². The summed E-state index contributed by atoms with van der Waals surface area (Å²) in [5.41, 5.74) is 2.61. The molecular weight excluding hydrogens is 414 g/mol. The van der Waals surface area contributed by atoms with E-state index in [9.17, 15) is 8.78 Å². The Morgan fingerprint density at radius 2 is 2.00 bits per heavy atom. The molecular formula is C24H24F2N4S. The number of aryl methyl sites for hydroxylation is 1. The fourth-order valence-corrected chi connectivity index (χ4v) is 4.52. The summed E-state index contributed by atoms with van der Waals surface area (Å²) in [4.78, 5) is 0.780. The van der Waals surface area contributed by atoms with Crippen LogP contribution in [0.3, 0.4) is 0 Å². The van der Waals surface area contributed by atoms with Crippen molar-refractivity contribution in [1.29, 1.82) is 10.0 Å². The summed E-state index contributed by atoms with van der Waals surface area (Å²) < 4.78 is 38.7. The lowest BCUT2D eigenvalue weighted by atomic mass is 10.0. The van der Waals surface area contributed by atoms with Crippen molar-refractivity contribution in [2.45, 2.75) is 25.3 Å². The molecule has 0 spiro atoms. The smallest absolute Gasteiger partial charge is 0.140 e. The van der Waals surface area contributed by atoms with Crippen LogP contribution in [0.2, 0.25) is 0 Å². The van der Waals surface area contributed by atoms with Crippen molar-refractivity contribution in [1.82, 2.24) is 10.0 Å². The van der Waals surface area contributed by atoms with Gasteiger partial charge in [-0.2, -0.15) is 5.26 Å². The molecule has 0 amide bonds. The zero-order valence-corrected chi connectivity index (χ0v) is 18.0. The van der Waals surface area contributed by atoms with E-state index in [0.29, 0.717) is 5.56 Å². The van der Waals surface area contributed by atoms with Crippen molar-refractivity contribution in [2.24, 2.45) is 0 Å². The Balaban J connectivity index is 1.77. The first kappa shape index (κ1) is 22.6. The van der Waals surface area contributed by atoms with Crippen LogP contribution in [0.5, 0.6) is 0 Å². The summed E-state index contributed by atoms with van der Waals surface area (Å²) >= 11 is 0. The SMILES string of the molecule is CNC=C1/C(=C/c2ccc(F)c(C#N)c2)C=CC(CCCc2ccc(F)cc2)NS1=N. The molecule has 3 rings (SSSR count). The van der Waals surface area contributed by atoms with E-state index in [1.807, 2.05) is 24.3 Å². The van der Waals surface area contributed by atoms with Gasteiger partial charge in [0.1, 0.15) is 17.7 Å². The summed E-state index contributed by atoms with van der Waals surface area (Å²) in [5, 5.41) is 12.1. The molecule has 7 heteroatoms. The summed E-state index contributed by atoms with van der Waals surface area (Å²) in [6, 6.07) is 12.8. The molecule has 0 aromatic heterocycles. The van der Waals surface area contributed by atoms with Gasteiger partial charge in [0, 0.05) is 19.3 Å². The van der Waals surface area contributed by atoms with Gasteiger partial charge in [0.05, 0.1) is 10.5 Å². The number of nitrogens with zero attached hydrogens (tertiary/aromatic N) is 1. The fourth-order valence-electron chi connectivity index (χ4n) is 3.30. The summed E-state index contributed by atoms with van der Waals surface area (Å²) in [7, 11) is 0.818. The molecule has 1 aliphatic heterocycles. The van der Waals surface area contributed by atoms with Gasteiger partial charge in [-0.25, -0.2) is 13.5 Å². The predicted octanol–water partition coefficient (Wildman–Crippen LogP) is 5.13. The Hall–Kier alpha value is -3.08. The van der Waals surface area contributed by atoms with Crippen LogP contribution in [0, 0.1) is 27.7 Å². The van der Waals surface area contributed by atoms with Gasteiger partial charge in [0.15, 0.2) is 0 Å². The maximum atomic E-state index is 13.6. The number of hydrogen-bond donors (Lipinski definition) is 3. The lowest BCUT2D eigenvalue weighted by Crippen LogP contribution is -2.28. The molecule has 4 nitrogen and oxygen atoms in total. The number of nitrogens with one attached hydrogen (secondary N) is 3. The molecule has 2 unspecified atom stereocenters. The van der Waals surface area contributed by atoms with Crippen molar-refractivity contribution in [3.8, 4) is 6.07 Å². The zero-order chi connectivity index (χ0) is 22.2. The Bertz CT molecular complexity index is 1080. The van der Waals surface area contributed by atoms with Crippen LogP contribution >= 0.6 is 0 Å². The van der Waals surface area contributed by atoms with E-state index < -0.39 is 16.7 Å². The summed E-state index contributed by atoms with van der Waals surface area (Å²) in [6.07, 6.45) is 10.2. The van der Waals surface area contributed by atoms with Gasteiger partial charge >= 0.3 is 0 Å². The van der Waals surface area contributed by atoms with Gasteiger partial charge in [0.2, 0.25) is 0 Å². The van der Waals surface area contributed by atoms with Gasteiger partial charge in [-0.05, 0) is 77.2 Å². The number of benzene rings is 2. The lowest BCUT2D eigenvalue weighted by Gasteiger charge is -2.15. The molecule has 0 fully saturated rings. The monoisotopic (exact) mass is 438 g/mol. The molecule has 1 aliphatic rings. The molecule has 3 N–H and O–H groups in total. The Kier molecular flexibility index (Phi) is 7.88. The van der Waals surface area contributed by atoms with E-state index >= 15 is 0 Å². The van der Waals surface area contributed by atoms with Crippen molar-refractivity contribution < 1.29 is 8.78 Å². The van der Waals surface area contributed by atoms with Crippen molar-refractivity contribution in [3.05, 3.63) is 99.6 Å². The minimum Gasteiger partial charge on any atom is -0.393 e. The number of allylic oxidation sites excluding steroid dienone is 2. The van der Waals surface area contributed by atoms with Gasteiger partial charge in [-0.15, -0.1) is 0 Å². The highest BCUT2D eigenvalue weighted by Crippen LogP contribution is 2.24.